The van der Waals surface area contributed by atoms with E-state index in [-0.39, 0.29) is 5.56 Å². The Morgan fingerprint density at radius 2 is 2.00 bits per heavy atom. The standard InChI is InChI=1S/C15H27N5O/c1-3-16-6-4-5-7-20-15(21)12-14(13-17-20)19-10-8-18(2)9-11-19/h12-13,16H,3-11H2,1-2H3. The number of aryl methyl sites for hydroxylation is 1. The van der Waals surface area contributed by atoms with Gasteiger partial charge in [0.1, 0.15) is 0 Å². The molecule has 0 radical (unpaired) electrons. The first-order chi connectivity index (χ1) is 10.2. The van der Waals surface area contributed by atoms with Crippen LogP contribution >= 0.6 is 0 Å². The number of likely N-dealkylation sites (N-methyl/N-ethyl adjacent to an activating group) is 1. The zero-order valence-electron chi connectivity index (χ0n) is 13.2. The van der Waals surface area contributed by atoms with Crippen LogP contribution < -0.4 is 15.8 Å². The van der Waals surface area contributed by atoms with Crippen LogP contribution in [0.1, 0.15) is 19.8 Å². The van der Waals surface area contributed by atoms with Crippen molar-refractivity contribution in [2.45, 2.75) is 26.3 Å². The maximum atomic E-state index is 12.1. The molecule has 2 heterocycles. The maximum Gasteiger partial charge on any atom is 0.268 e. The first-order valence-electron chi connectivity index (χ1n) is 7.92. The Morgan fingerprint density at radius 3 is 2.67 bits per heavy atom. The van der Waals surface area contributed by atoms with Crippen molar-refractivity contribution in [3.8, 4) is 0 Å². The van der Waals surface area contributed by atoms with E-state index in [1.807, 2.05) is 6.20 Å². The molecule has 0 unspecified atom stereocenters. The molecule has 0 bridgehead atoms. The molecule has 21 heavy (non-hydrogen) atoms. The summed E-state index contributed by atoms with van der Waals surface area (Å²) in [5.74, 6) is 0. The number of hydrogen-bond donors (Lipinski definition) is 1. The van der Waals surface area contributed by atoms with Gasteiger partial charge in [-0.15, -0.1) is 0 Å². The summed E-state index contributed by atoms with van der Waals surface area (Å²) in [6.45, 7) is 8.80. The number of rotatable bonds is 7. The normalized spacial score (nSPS) is 16.4. The third kappa shape index (κ3) is 4.82. The van der Waals surface area contributed by atoms with E-state index in [0.29, 0.717) is 6.54 Å². The lowest BCUT2D eigenvalue weighted by Crippen LogP contribution is -2.45. The number of unbranched alkanes of at least 4 members (excludes halogenated alkanes) is 1. The topological polar surface area (TPSA) is 53.4 Å². The van der Waals surface area contributed by atoms with Gasteiger partial charge in [0.2, 0.25) is 0 Å². The fraction of sp³-hybridized carbons (Fsp3) is 0.733. The Bertz CT molecular complexity index is 479. The highest BCUT2D eigenvalue weighted by molar-refractivity contribution is 5.43. The highest BCUT2D eigenvalue weighted by atomic mass is 16.1. The number of nitrogens with one attached hydrogen (secondary N) is 1. The van der Waals surface area contributed by atoms with E-state index in [2.05, 4.69) is 34.2 Å². The minimum Gasteiger partial charge on any atom is -0.368 e. The van der Waals surface area contributed by atoms with Crippen molar-refractivity contribution in [3.63, 3.8) is 0 Å². The molecule has 118 valence electrons. The molecule has 0 aliphatic carbocycles. The van der Waals surface area contributed by atoms with Gasteiger partial charge in [0.25, 0.3) is 5.56 Å². The van der Waals surface area contributed by atoms with E-state index in [0.717, 1.165) is 57.8 Å². The van der Waals surface area contributed by atoms with E-state index in [4.69, 9.17) is 0 Å². The molecule has 1 aliphatic heterocycles. The molecule has 0 saturated carbocycles. The minimum absolute atomic E-state index is 0.00915. The van der Waals surface area contributed by atoms with Crippen LogP contribution in [-0.2, 0) is 6.54 Å². The lowest BCUT2D eigenvalue weighted by molar-refractivity contribution is 0.312. The molecule has 1 fully saturated rings. The second-order valence-corrected chi connectivity index (χ2v) is 5.63. The van der Waals surface area contributed by atoms with Crippen LogP contribution in [0.2, 0.25) is 0 Å². The molecule has 2 rings (SSSR count). The molecule has 0 atom stereocenters. The number of aromatic nitrogens is 2. The first kappa shape index (κ1) is 16.0. The van der Waals surface area contributed by atoms with Gasteiger partial charge >= 0.3 is 0 Å². The molecule has 0 spiro atoms. The third-order valence-electron chi connectivity index (χ3n) is 3.95. The molecular weight excluding hydrogens is 266 g/mol. The van der Waals surface area contributed by atoms with E-state index in [1.165, 1.54) is 0 Å². The van der Waals surface area contributed by atoms with Gasteiger partial charge in [-0.05, 0) is 33.0 Å². The van der Waals surface area contributed by atoms with Crippen molar-refractivity contribution in [1.82, 2.24) is 20.0 Å². The third-order valence-corrected chi connectivity index (χ3v) is 3.95. The van der Waals surface area contributed by atoms with Crippen LogP contribution in [0.4, 0.5) is 5.69 Å². The van der Waals surface area contributed by atoms with Crippen molar-refractivity contribution >= 4 is 5.69 Å². The predicted molar refractivity (Wildman–Crippen MR) is 86.0 cm³/mol. The van der Waals surface area contributed by atoms with Crippen LogP contribution in [0, 0.1) is 0 Å². The minimum atomic E-state index is 0.00915. The summed E-state index contributed by atoms with van der Waals surface area (Å²) in [5, 5.41) is 7.61. The van der Waals surface area contributed by atoms with Gasteiger partial charge in [0.05, 0.1) is 11.9 Å². The largest absolute Gasteiger partial charge is 0.368 e. The fourth-order valence-electron chi connectivity index (χ4n) is 2.52. The van der Waals surface area contributed by atoms with Gasteiger partial charge in [0.15, 0.2) is 0 Å². The van der Waals surface area contributed by atoms with E-state index in [9.17, 15) is 4.79 Å². The molecular formula is C15H27N5O. The molecule has 1 aromatic heterocycles. The van der Waals surface area contributed by atoms with Crippen molar-refractivity contribution < 1.29 is 0 Å². The molecule has 1 aromatic rings. The molecule has 1 N–H and O–H groups in total. The van der Waals surface area contributed by atoms with Gasteiger partial charge in [-0.1, -0.05) is 6.92 Å². The highest BCUT2D eigenvalue weighted by Crippen LogP contribution is 2.12. The Kier molecular flexibility index (Phi) is 6.20. The number of piperazine rings is 1. The molecule has 0 amide bonds. The van der Waals surface area contributed by atoms with Gasteiger partial charge < -0.3 is 15.1 Å². The molecule has 6 nitrogen and oxygen atoms in total. The Hall–Kier alpha value is -1.40. The summed E-state index contributed by atoms with van der Waals surface area (Å²) in [5.41, 5.74) is 0.965. The molecule has 6 heteroatoms. The maximum absolute atomic E-state index is 12.1. The molecule has 0 aromatic carbocycles. The average molecular weight is 293 g/mol. The Balaban J connectivity index is 1.87. The van der Waals surface area contributed by atoms with Crippen LogP contribution in [0.15, 0.2) is 17.1 Å². The Labute approximate surface area is 126 Å². The summed E-state index contributed by atoms with van der Waals surface area (Å²) < 4.78 is 1.57. The summed E-state index contributed by atoms with van der Waals surface area (Å²) in [4.78, 5) is 16.7. The quantitative estimate of drug-likeness (QED) is 0.737. The molecule has 1 aliphatic rings. The lowest BCUT2D eigenvalue weighted by Gasteiger charge is -2.33. The van der Waals surface area contributed by atoms with Gasteiger partial charge in [-0.25, -0.2) is 4.68 Å². The smallest absolute Gasteiger partial charge is 0.268 e. The van der Waals surface area contributed by atoms with Crippen LogP contribution in [-0.4, -0.2) is 61.0 Å². The summed E-state index contributed by atoms with van der Waals surface area (Å²) in [7, 11) is 2.13. The molecule has 1 saturated heterocycles. The SMILES string of the molecule is CCNCCCCn1ncc(N2CCN(C)CC2)cc1=O. The average Bonchev–Trinajstić information content (AvgIpc) is 2.49. The van der Waals surface area contributed by atoms with Crippen LogP contribution in [0.5, 0.6) is 0 Å². The van der Waals surface area contributed by atoms with Gasteiger partial charge in [-0.3, -0.25) is 4.79 Å². The van der Waals surface area contributed by atoms with Crippen molar-refractivity contribution in [2.75, 3.05) is 51.2 Å². The monoisotopic (exact) mass is 293 g/mol. The summed E-state index contributed by atoms with van der Waals surface area (Å²) in [6, 6.07) is 1.72. The van der Waals surface area contributed by atoms with E-state index < -0.39 is 0 Å². The number of nitrogens with zero attached hydrogens (tertiary/aromatic N) is 4. The fourth-order valence-corrected chi connectivity index (χ4v) is 2.52. The first-order valence-corrected chi connectivity index (χ1v) is 7.92. The predicted octanol–water partition coefficient (Wildman–Crippen LogP) is 0.385. The summed E-state index contributed by atoms with van der Waals surface area (Å²) in [6.07, 6.45) is 3.88. The number of anilines is 1. The highest BCUT2D eigenvalue weighted by Gasteiger charge is 2.15. The zero-order chi connectivity index (χ0) is 15.1. The Morgan fingerprint density at radius 1 is 1.24 bits per heavy atom. The lowest BCUT2D eigenvalue weighted by atomic mass is 10.3. The zero-order valence-corrected chi connectivity index (χ0v) is 13.2. The van der Waals surface area contributed by atoms with Gasteiger partial charge in [-0.2, -0.15) is 5.10 Å². The van der Waals surface area contributed by atoms with Crippen LogP contribution in [0.25, 0.3) is 0 Å². The van der Waals surface area contributed by atoms with Crippen molar-refractivity contribution in [1.29, 1.82) is 0 Å². The van der Waals surface area contributed by atoms with Gasteiger partial charge in [0, 0.05) is 38.8 Å². The second kappa shape index (κ2) is 8.14. The number of hydrogen-bond acceptors (Lipinski definition) is 5. The van der Waals surface area contributed by atoms with E-state index >= 15 is 0 Å². The second-order valence-electron chi connectivity index (χ2n) is 5.63. The van der Waals surface area contributed by atoms with E-state index in [1.54, 1.807) is 10.7 Å². The summed E-state index contributed by atoms with van der Waals surface area (Å²) >= 11 is 0. The van der Waals surface area contributed by atoms with Crippen LogP contribution in [0.3, 0.4) is 0 Å². The van der Waals surface area contributed by atoms with Crippen molar-refractivity contribution in [3.05, 3.63) is 22.6 Å². The van der Waals surface area contributed by atoms with Crippen molar-refractivity contribution in [2.24, 2.45) is 0 Å².